The van der Waals surface area contributed by atoms with Crippen LogP contribution in [0, 0.1) is 0 Å². The molecule has 1 aliphatic heterocycles. The lowest BCUT2D eigenvalue weighted by Crippen LogP contribution is -2.52. The van der Waals surface area contributed by atoms with Crippen molar-refractivity contribution in [2.24, 2.45) is 5.73 Å². The van der Waals surface area contributed by atoms with Crippen molar-refractivity contribution in [3.05, 3.63) is 47.8 Å². The Kier molecular flexibility index (Phi) is 4.12. The zero-order chi connectivity index (χ0) is 16.4. The lowest BCUT2D eigenvalue weighted by atomic mass is 10.2. The highest BCUT2D eigenvalue weighted by Gasteiger charge is 2.27. The molecule has 1 aromatic carbocycles. The van der Waals surface area contributed by atoms with Gasteiger partial charge in [-0.15, -0.1) is 0 Å². The van der Waals surface area contributed by atoms with E-state index in [9.17, 15) is 9.59 Å². The SMILES string of the molecule is C[C@@H]1CNCCN1C(=O)c1cc(C(N)=O)n(-c2ccccc2)n1. The van der Waals surface area contributed by atoms with Crippen molar-refractivity contribution in [3.8, 4) is 5.69 Å². The second kappa shape index (κ2) is 6.21. The number of carbonyl (C=O) groups is 2. The summed E-state index contributed by atoms with van der Waals surface area (Å²) < 4.78 is 1.42. The maximum absolute atomic E-state index is 12.7. The summed E-state index contributed by atoms with van der Waals surface area (Å²) in [6.45, 7) is 4.09. The van der Waals surface area contributed by atoms with Gasteiger partial charge in [-0.05, 0) is 19.1 Å². The van der Waals surface area contributed by atoms with E-state index in [1.165, 1.54) is 10.7 Å². The van der Waals surface area contributed by atoms with Crippen LogP contribution in [0.2, 0.25) is 0 Å². The molecule has 1 fully saturated rings. The Bertz CT molecular complexity index is 725. The number of nitrogens with zero attached hydrogens (tertiary/aromatic N) is 3. The Morgan fingerprint density at radius 3 is 2.70 bits per heavy atom. The lowest BCUT2D eigenvalue weighted by molar-refractivity contribution is 0.0649. The second-order valence-corrected chi connectivity index (χ2v) is 5.58. The highest BCUT2D eigenvalue weighted by molar-refractivity contribution is 5.97. The van der Waals surface area contributed by atoms with Gasteiger partial charge in [-0.1, -0.05) is 18.2 Å². The van der Waals surface area contributed by atoms with Crippen LogP contribution >= 0.6 is 0 Å². The van der Waals surface area contributed by atoms with Crippen LogP contribution in [0.1, 0.15) is 27.9 Å². The molecular weight excluding hydrogens is 294 g/mol. The number of piperazine rings is 1. The standard InChI is InChI=1S/C16H19N5O2/c1-11-10-18-7-8-20(11)16(23)13-9-14(15(17)22)21(19-13)12-5-3-2-4-6-12/h2-6,9,11,18H,7-8,10H2,1H3,(H2,17,22)/t11-/m1/s1. The van der Waals surface area contributed by atoms with Gasteiger partial charge in [-0.3, -0.25) is 9.59 Å². The van der Waals surface area contributed by atoms with Crippen LogP contribution in [-0.2, 0) is 0 Å². The van der Waals surface area contributed by atoms with Crippen molar-refractivity contribution in [1.82, 2.24) is 20.0 Å². The van der Waals surface area contributed by atoms with E-state index in [1.54, 1.807) is 17.0 Å². The number of nitrogens with one attached hydrogen (secondary N) is 1. The molecule has 1 aromatic heterocycles. The second-order valence-electron chi connectivity index (χ2n) is 5.58. The molecule has 3 N–H and O–H groups in total. The maximum Gasteiger partial charge on any atom is 0.274 e. The molecule has 7 nitrogen and oxygen atoms in total. The number of aromatic nitrogens is 2. The molecule has 0 spiro atoms. The molecule has 1 saturated heterocycles. The molecule has 1 atom stereocenters. The van der Waals surface area contributed by atoms with Gasteiger partial charge in [-0.25, -0.2) is 4.68 Å². The summed E-state index contributed by atoms with van der Waals surface area (Å²) in [6.07, 6.45) is 0. The third kappa shape index (κ3) is 2.95. The third-order valence-electron chi connectivity index (χ3n) is 3.94. The fourth-order valence-corrected chi connectivity index (χ4v) is 2.72. The van der Waals surface area contributed by atoms with E-state index < -0.39 is 5.91 Å². The van der Waals surface area contributed by atoms with Crippen molar-refractivity contribution in [3.63, 3.8) is 0 Å². The van der Waals surface area contributed by atoms with Crippen molar-refractivity contribution in [2.75, 3.05) is 19.6 Å². The first kappa shape index (κ1) is 15.2. The zero-order valence-electron chi connectivity index (χ0n) is 12.9. The Balaban J connectivity index is 1.98. The van der Waals surface area contributed by atoms with E-state index in [4.69, 9.17) is 5.73 Å². The molecule has 3 rings (SSSR count). The number of carbonyl (C=O) groups excluding carboxylic acids is 2. The molecule has 120 valence electrons. The van der Waals surface area contributed by atoms with E-state index in [0.29, 0.717) is 12.2 Å². The number of amides is 2. The van der Waals surface area contributed by atoms with Crippen LogP contribution in [0.4, 0.5) is 0 Å². The first-order chi connectivity index (χ1) is 11.1. The molecular formula is C16H19N5O2. The average Bonchev–Trinajstić information content (AvgIpc) is 3.01. The molecule has 23 heavy (non-hydrogen) atoms. The normalized spacial score (nSPS) is 18.0. The van der Waals surface area contributed by atoms with E-state index in [2.05, 4.69) is 10.4 Å². The summed E-state index contributed by atoms with van der Waals surface area (Å²) >= 11 is 0. The monoisotopic (exact) mass is 313 g/mol. The van der Waals surface area contributed by atoms with Crippen molar-refractivity contribution >= 4 is 11.8 Å². The Morgan fingerprint density at radius 1 is 1.30 bits per heavy atom. The smallest absolute Gasteiger partial charge is 0.274 e. The molecule has 1 aliphatic rings. The highest BCUT2D eigenvalue weighted by Crippen LogP contribution is 2.15. The van der Waals surface area contributed by atoms with E-state index in [-0.39, 0.29) is 23.3 Å². The van der Waals surface area contributed by atoms with Gasteiger partial charge < -0.3 is 16.0 Å². The third-order valence-corrected chi connectivity index (χ3v) is 3.94. The van der Waals surface area contributed by atoms with Crippen molar-refractivity contribution in [1.29, 1.82) is 0 Å². The predicted molar refractivity (Wildman–Crippen MR) is 85.5 cm³/mol. The minimum absolute atomic E-state index is 0.0788. The number of hydrogen-bond donors (Lipinski definition) is 2. The molecule has 0 saturated carbocycles. The molecule has 2 aromatic rings. The fraction of sp³-hybridized carbons (Fsp3) is 0.312. The van der Waals surface area contributed by atoms with Crippen LogP contribution in [0.25, 0.3) is 5.69 Å². The molecule has 0 aliphatic carbocycles. The van der Waals surface area contributed by atoms with Gasteiger partial charge in [0, 0.05) is 31.7 Å². The van der Waals surface area contributed by atoms with Gasteiger partial charge in [0.25, 0.3) is 11.8 Å². The summed E-state index contributed by atoms with van der Waals surface area (Å²) in [5, 5.41) is 7.55. The van der Waals surface area contributed by atoms with Crippen molar-refractivity contribution < 1.29 is 9.59 Å². The van der Waals surface area contributed by atoms with Gasteiger partial charge in [-0.2, -0.15) is 5.10 Å². The molecule has 0 bridgehead atoms. The topological polar surface area (TPSA) is 93.3 Å². The summed E-state index contributed by atoms with van der Waals surface area (Å²) in [5.74, 6) is -0.801. The molecule has 2 heterocycles. The number of rotatable bonds is 3. The molecule has 0 unspecified atom stereocenters. The number of benzene rings is 1. The Morgan fingerprint density at radius 2 is 2.04 bits per heavy atom. The van der Waals surface area contributed by atoms with Crippen LogP contribution in [0.5, 0.6) is 0 Å². The van der Waals surface area contributed by atoms with Crippen LogP contribution < -0.4 is 11.1 Å². The molecule has 7 heteroatoms. The minimum Gasteiger partial charge on any atom is -0.364 e. The lowest BCUT2D eigenvalue weighted by Gasteiger charge is -2.33. The van der Waals surface area contributed by atoms with Crippen LogP contribution in [0.3, 0.4) is 0 Å². The Hall–Kier alpha value is -2.67. The molecule has 0 radical (unpaired) electrons. The van der Waals surface area contributed by atoms with Gasteiger partial charge >= 0.3 is 0 Å². The van der Waals surface area contributed by atoms with E-state index >= 15 is 0 Å². The summed E-state index contributed by atoms with van der Waals surface area (Å²) in [5.41, 5.74) is 6.55. The first-order valence-corrected chi connectivity index (χ1v) is 7.55. The van der Waals surface area contributed by atoms with Crippen LogP contribution in [-0.4, -0.2) is 52.2 Å². The van der Waals surface area contributed by atoms with Crippen molar-refractivity contribution in [2.45, 2.75) is 13.0 Å². The quantitative estimate of drug-likeness (QED) is 0.858. The largest absolute Gasteiger partial charge is 0.364 e. The van der Waals surface area contributed by atoms with E-state index in [0.717, 1.165) is 13.1 Å². The van der Waals surface area contributed by atoms with Gasteiger partial charge in [0.15, 0.2) is 5.69 Å². The molecule has 2 amide bonds. The van der Waals surface area contributed by atoms with Gasteiger partial charge in [0.05, 0.1) is 5.69 Å². The zero-order valence-corrected chi connectivity index (χ0v) is 12.9. The summed E-state index contributed by atoms with van der Waals surface area (Å²) in [7, 11) is 0. The maximum atomic E-state index is 12.7. The summed E-state index contributed by atoms with van der Waals surface area (Å²) in [4.78, 5) is 26.2. The predicted octanol–water partition coefficient (Wildman–Crippen LogP) is 0.405. The summed E-state index contributed by atoms with van der Waals surface area (Å²) in [6, 6.07) is 10.7. The van der Waals surface area contributed by atoms with Gasteiger partial charge in [0.2, 0.25) is 0 Å². The Labute approximate surface area is 134 Å². The van der Waals surface area contributed by atoms with Gasteiger partial charge in [0.1, 0.15) is 5.69 Å². The minimum atomic E-state index is -0.617. The fourth-order valence-electron chi connectivity index (χ4n) is 2.72. The first-order valence-electron chi connectivity index (χ1n) is 7.55. The van der Waals surface area contributed by atoms with Crippen LogP contribution in [0.15, 0.2) is 36.4 Å². The number of nitrogens with two attached hydrogens (primary N) is 1. The van der Waals surface area contributed by atoms with E-state index in [1.807, 2.05) is 25.1 Å². The number of para-hydroxylation sites is 1. The highest BCUT2D eigenvalue weighted by atomic mass is 16.2. The average molecular weight is 313 g/mol. The number of primary amides is 1. The number of hydrogen-bond acceptors (Lipinski definition) is 4.